The highest BCUT2D eigenvalue weighted by Gasteiger charge is 2.19. The van der Waals surface area contributed by atoms with Crippen LogP contribution in [-0.4, -0.2) is 19.5 Å². The van der Waals surface area contributed by atoms with Crippen molar-refractivity contribution >= 4 is 0 Å². The number of terminal acetylenes is 1. The fourth-order valence-corrected chi connectivity index (χ4v) is 1.19. The molecular weight excluding hydrogens is 164 g/mol. The largest absolute Gasteiger partial charge is 0.353 e. The highest BCUT2D eigenvalue weighted by atomic mass is 16.7. The summed E-state index contributed by atoms with van der Waals surface area (Å²) in [4.78, 5) is 0. The fraction of sp³-hybridized carbons (Fsp3) is 0.818. The molecule has 1 aliphatic rings. The molecule has 0 N–H and O–H groups in total. The standard InChI is InChI=1S/C11H18O2/c1-4-11(2,3)9-13-10-7-5-6-8-12-10/h1,10H,5-9H2,2-3H3. The first-order chi connectivity index (χ1) is 6.14. The van der Waals surface area contributed by atoms with E-state index in [2.05, 4.69) is 5.92 Å². The minimum atomic E-state index is -0.180. The highest BCUT2D eigenvalue weighted by molar-refractivity contribution is 5.00. The van der Waals surface area contributed by atoms with Gasteiger partial charge in [0.15, 0.2) is 6.29 Å². The van der Waals surface area contributed by atoms with Gasteiger partial charge in [-0.3, -0.25) is 0 Å². The number of hydrogen-bond donors (Lipinski definition) is 0. The summed E-state index contributed by atoms with van der Waals surface area (Å²) in [6.07, 6.45) is 8.67. The van der Waals surface area contributed by atoms with Gasteiger partial charge in [-0.1, -0.05) is 5.92 Å². The van der Waals surface area contributed by atoms with Crippen LogP contribution in [0.5, 0.6) is 0 Å². The van der Waals surface area contributed by atoms with Crippen LogP contribution in [0.3, 0.4) is 0 Å². The van der Waals surface area contributed by atoms with Crippen molar-refractivity contribution in [3.8, 4) is 12.3 Å². The first-order valence-corrected chi connectivity index (χ1v) is 4.85. The summed E-state index contributed by atoms with van der Waals surface area (Å²) in [6, 6.07) is 0. The van der Waals surface area contributed by atoms with E-state index in [1.807, 2.05) is 13.8 Å². The lowest BCUT2D eigenvalue weighted by Gasteiger charge is -2.26. The molecular formula is C11H18O2. The third-order valence-electron chi connectivity index (χ3n) is 2.16. The molecule has 1 unspecified atom stereocenters. The summed E-state index contributed by atoms with van der Waals surface area (Å²) in [6.45, 7) is 5.39. The van der Waals surface area contributed by atoms with Crippen molar-refractivity contribution in [2.75, 3.05) is 13.2 Å². The van der Waals surface area contributed by atoms with Gasteiger partial charge in [-0.05, 0) is 33.1 Å². The van der Waals surface area contributed by atoms with Gasteiger partial charge < -0.3 is 9.47 Å². The smallest absolute Gasteiger partial charge is 0.157 e. The van der Waals surface area contributed by atoms with E-state index in [1.54, 1.807) is 0 Å². The van der Waals surface area contributed by atoms with E-state index in [4.69, 9.17) is 15.9 Å². The second-order valence-corrected chi connectivity index (χ2v) is 4.14. The molecule has 2 heteroatoms. The van der Waals surface area contributed by atoms with E-state index in [0.29, 0.717) is 6.61 Å². The fourth-order valence-electron chi connectivity index (χ4n) is 1.19. The molecule has 0 aromatic carbocycles. The summed E-state index contributed by atoms with van der Waals surface area (Å²) < 4.78 is 11.0. The van der Waals surface area contributed by atoms with Gasteiger partial charge in [-0.2, -0.15) is 0 Å². The van der Waals surface area contributed by atoms with Crippen LogP contribution < -0.4 is 0 Å². The van der Waals surface area contributed by atoms with Crippen molar-refractivity contribution in [2.45, 2.75) is 39.4 Å². The minimum absolute atomic E-state index is 0.0265. The molecule has 1 saturated heterocycles. The van der Waals surface area contributed by atoms with E-state index in [9.17, 15) is 0 Å². The maximum atomic E-state index is 5.57. The van der Waals surface area contributed by atoms with Crippen LogP contribution in [0, 0.1) is 17.8 Å². The van der Waals surface area contributed by atoms with E-state index >= 15 is 0 Å². The predicted octanol–water partition coefficient (Wildman–Crippen LogP) is 2.19. The zero-order valence-corrected chi connectivity index (χ0v) is 8.51. The van der Waals surface area contributed by atoms with Gasteiger partial charge in [0, 0.05) is 12.0 Å². The second kappa shape index (κ2) is 4.64. The number of ether oxygens (including phenoxy) is 2. The molecule has 0 radical (unpaired) electrons. The van der Waals surface area contributed by atoms with E-state index in [0.717, 1.165) is 19.4 Å². The second-order valence-electron chi connectivity index (χ2n) is 4.14. The quantitative estimate of drug-likeness (QED) is 0.623. The maximum Gasteiger partial charge on any atom is 0.157 e. The Bertz CT molecular complexity index is 185. The molecule has 0 amide bonds. The molecule has 13 heavy (non-hydrogen) atoms. The zero-order chi connectivity index (χ0) is 9.73. The monoisotopic (exact) mass is 182 g/mol. The van der Waals surface area contributed by atoms with Crippen molar-refractivity contribution in [1.82, 2.24) is 0 Å². The van der Waals surface area contributed by atoms with Crippen molar-refractivity contribution < 1.29 is 9.47 Å². The Kier molecular flexibility index (Phi) is 3.77. The third kappa shape index (κ3) is 3.80. The van der Waals surface area contributed by atoms with Gasteiger partial charge in [0.1, 0.15) is 0 Å². The molecule has 1 heterocycles. The first kappa shape index (κ1) is 10.6. The predicted molar refractivity (Wildman–Crippen MR) is 52.2 cm³/mol. The molecule has 0 aromatic rings. The molecule has 1 atom stereocenters. The molecule has 0 aromatic heterocycles. The Morgan fingerprint density at radius 2 is 2.31 bits per heavy atom. The highest BCUT2D eigenvalue weighted by Crippen LogP contribution is 2.19. The third-order valence-corrected chi connectivity index (χ3v) is 2.16. The van der Waals surface area contributed by atoms with Crippen molar-refractivity contribution in [2.24, 2.45) is 5.41 Å². The van der Waals surface area contributed by atoms with Crippen LogP contribution in [0.2, 0.25) is 0 Å². The van der Waals surface area contributed by atoms with Gasteiger partial charge in [-0.25, -0.2) is 0 Å². The molecule has 1 aliphatic heterocycles. The van der Waals surface area contributed by atoms with E-state index < -0.39 is 0 Å². The van der Waals surface area contributed by atoms with Crippen LogP contribution in [0.1, 0.15) is 33.1 Å². The van der Waals surface area contributed by atoms with Gasteiger partial charge in [0.2, 0.25) is 0 Å². The number of hydrogen-bond acceptors (Lipinski definition) is 2. The Hall–Kier alpha value is -0.520. The Labute approximate surface area is 80.6 Å². The van der Waals surface area contributed by atoms with Crippen LogP contribution >= 0.6 is 0 Å². The SMILES string of the molecule is C#CC(C)(C)COC1CCCCO1. The van der Waals surface area contributed by atoms with Gasteiger partial charge >= 0.3 is 0 Å². The summed E-state index contributed by atoms with van der Waals surface area (Å²) >= 11 is 0. The van der Waals surface area contributed by atoms with Crippen molar-refractivity contribution in [3.05, 3.63) is 0 Å². The summed E-state index contributed by atoms with van der Waals surface area (Å²) in [7, 11) is 0. The molecule has 1 rings (SSSR count). The Balaban J connectivity index is 2.22. The summed E-state index contributed by atoms with van der Waals surface area (Å²) in [5.41, 5.74) is -0.180. The lowest BCUT2D eigenvalue weighted by molar-refractivity contribution is -0.171. The Morgan fingerprint density at radius 3 is 2.85 bits per heavy atom. The van der Waals surface area contributed by atoms with E-state index in [-0.39, 0.29) is 11.7 Å². The summed E-state index contributed by atoms with van der Waals surface area (Å²) in [5, 5.41) is 0. The molecule has 74 valence electrons. The van der Waals surface area contributed by atoms with Crippen LogP contribution in [0.15, 0.2) is 0 Å². The normalized spacial score (nSPS) is 23.9. The number of rotatable bonds is 3. The lowest BCUT2D eigenvalue weighted by atomic mass is 9.96. The molecule has 1 fully saturated rings. The summed E-state index contributed by atoms with van der Waals surface area (Å²) in [5.74, 6) is 2.70. The molecule has 0 bridgehead atoms. The lowest BCUT2D eigenvalue weighted by Crippen LogP contribution is -2.27. The van der Waals surface area contributed by atoms with Gasteiger partial charge in [0.05, 0.1) is 6.61 Å². The average Bonchev–Trinajstić information content (AvgIpc) is 2.17. The van der Waals surface area contributed by atoms with Gasteiger partial charge in [-0.15, -0.1) is 6.42 Å². The first-order valence-electron chi connectivity index (χ1n) is 4.85. The molecule has 2 nitrogen and oxygen atoms in total. The van der Waals surface area contributed by atoms with Crippen LogP contribution in [-0.2, 0) is 9.47 Å². The molecule has 0 spiro atoms. The zero-order valence-electron chi connectivity index (χ0n) is 8.51. The van der Waals surface area contributed by atoms with Crippen LogP contribution in [0.25, 0.3) is 0 Å². The van der Waals surface area contributed by atoms with Crippen molar-refractivity contribution in [1.29, 1.82) is 0 Å². The average molecular weight is 182 g/mol. The topological polar surface area (TPSA) is 18.5 Å². The Morgan fingerprint density at radius 1 is 1.54 bits per heavy atom. The van der Waals surface area contributed by atoms with Crippen LogP contribution in [0.4, 0.5) is 0 Å². The minimum Gasteiger partial charge on any atom is -0.353 e. The molecule has 0 aliphatic carbocycles. The van der Waals surface area contributed by atoms with Crippen molar-refractivity contribution in [3.63, 3.8) is 0 Å². The van der Waals surface area contributed by atoms with Gasteiger partial charge in [0.25, 0.3) is 0 Å². The maximum absolute atomic E-state index is 5.57. The molecule has 0 saturated carbocycles. The van der Waals surface area contributed by atoms with E-state index in [1.165, 1.54) is 6.42 Å².